The molecule has 0 spiro atoms. The molecule has 0 saturated heterocycles. The van der Waals surface area contributed by atoms with Crippen LogP contribution in [0.2, 0.25) is 0 Å². The molecule has 2 saturated carbocycles. The molecule has 88 valence electrons. The molecule has 0 amide bonds. The third kappa shape index (κ3) is 1.70. The van der Waals surface area contributed by atoms with Crippen LogP contribution < -0.4 is 0 Å². The van der Waals surface area contributed by atoms with Crippen LogP contribution in [0.1, 0.15) is 33.6 Å². The molecule has 2 aliphatic carbocycles. The van der Waals surface area contributed by atoms with E-state index in [4.69, 9.17) is 4.74 Å². The fourth-order valence-electron chi connectivity index (χ4n) is 2.97. The van der Waals surface area contributed by atoms with Crippen molar-refractivity contribution in [2.45, 2.75) is 33.6 Å². The lowest BCUT2D eigenvalue weighted by Gasteiger charge is -2.08. The number of carbonyl (C=O) groups is 1. The van der Waals surface area contributed by atoms with Gasteiger partial charge in [0.15, 0.2) is 0 Å². The summed E-state index contributed by atoms with van der Waals surface area (Å²) in [7, 11) is 0. The first-order valence-electron chi connectivity index (χ1n) is 6.26. The Morgan fingerprint density at radius 2 is 2.25 bits per heavy atom. The van der Waals surface area contributed by atoms with Gasteiger partial charge in [0.05, 0.1) is 12.5 Å². The standard InChI is InChI=1S/C14H20O2/c1-4-7-10-9(5-2)8-11-12(10)13(11)14(15)16-6-3/h5,7,11-13H,4,6,8H2,1-3H3. The molecule has 0 N–H and O–H groups in total. The minimum Gasteiger partial charge on any atom is -0.466 e. The van der Waals surface area contributed by atoms with Crippen molar-refractivity contribution >= 4 is 5.97 Å². The van der Waals surface area contributed by atoms with Gasteiger partial charge < -0.3 is 4.74 Å². The van der Waals surface area contributed by atoms with E-state index in [1.165, 1.54) is 11.1 Å². The van der Waals surface area contributed by atoms with E-state index in [1.54, 1.807) is 0 Å². The molecule has 0 aromatic rings. The van der Waals surface area contributed by atoms with Gasteiger partial charge in [-0.3, -0.25) is 4.79 Å². The van der Waals surface area contributed by atoms with Crippen molar-refractivity contribution < 1.29 is 9.53 Å². The summed E-state index contributed by atoms with van der Waals surface area (Å²) in [6, 6.07) is 0. The lowest BCUT2D eigenvalue weighted by atomic mass is 9.99. The Morgan fingerprint density at radius 3 is 2.81 bits per heavy atom. The summed E-state index contributed by atoms with van der Waals surface area (Å²) < 4.78 is 5.11. The van der Waals surface area contributed by atoms with Crippen molar-refractivity contribution in [1.29, 1.82) is 0 Å². The molecular weight excluding hydrogens is 200 g/mol. The van der Waals surface area contributed by atoms with Crippen molar-refractivity contribution in [3.8, 4) is 0 Å². The monoisotopic (exact) mass is 220 g/mol. The number of allylic oxidation sites excluding steroid dienone is 4. The molecule has 0 heterocycles. The average Bonchev–Trinajstić information content (AvgIpc) is 2.87. The summed E-state index contributed by atoms with van der Waals surface area (Å²) in [5, 5.41) is 0. The van der Waals surface area contributed by atoms with Gasteiger partial charge in [-0.25, -0.2) is 0 Å². The molecule has 0 radical (unpaired) electrons. The van der Waals surface area contributed by atoms with Crippen LogP contribution in [0.15, 0.2) is 23.3 Å². The third-order valence-corrected chi connectivity index (χ3v) is 3.69. The highest BCUT2D eigenvalue weighted by Gasteiger charge is 2.61. The topological polar surface area (TPSA) is 26.3 Å². The van der Waals surface area contributed by atoms with Crippen LogP contribution >= 0.6 is 0 Å². The maximum absolute atomic E-state index is 11.7. The predicted octanol–water partition coefficient (Wildman–Crippen LogP) is 3.10. The van der Waals surface area contributed by atoms with Crippen molar-refractivity contribution in [1.82, 2.24) is 0 Å². The SMILES string of the molecule is CC=C1CC2C(C(=O)OCC)C2C1=CCC. The van der Waals surface area contributed by atoms with Crippen LogP contribution in [0, 0.1) is 17.8 Å². The second-order valence-electron chi connectivity index (χ2n) is 4.55. The van der Waals surface area contributed by atoms with Crippen LogP contribution in [0.3, 0.4) is 0 Å². The number of fused-ring (bicyclic) bond motifs is 1. The van der Waals surface area contributed by atoms with Crippen LogP contribution in [-0.4, -0.2) is 12.6 Å². The first kappa shape index (κ1) is 11.4. The zero-order valence-corrected chi connectivity index (χ0v) is 10.3. The Bertz CT molecular complexity index is 352. The molecule has 3 unspecified atom stereocenters. The van der Waals surface area contributed by atoms with E-state index in [2.05, 4.69) is 26.0 Å². The molecule has 2 nitrogen and oxygen atoms in total. The highest BCUT2D eigenvalue weighted by molar-refractivity contribution is 5.79. The average molecular weight is 220 g/mol. The Kier molecular flexibility index (Phi) is 3.17. The Hall–Kier alpha value is -1.05. The van der Waals surface area contributed by atoms with Gasteiger partial charge in [-0.2, -0.15) is 0 Å². The second kappa shape index (κ2) is 4.44. The van der Waals surface area contributed by atoms with Crippen molar-refractivity contribution in [2.24, 2.45) is 17.8 Å². The van der Waals surface area contributed by atoms with E-state index in [1.807, 2.05) is 6.92 Å². The zero-order chi connectivity index (χ0) is 11.7. The number of rotatable bonds is 3. The van der Waals surface area contributed by atoms with Gasteiger partial charge in [0.25, 0.3) is 0 Å². The van der Waals surface area contributed by atoms with E-state index in [0.717, 1.165) is 12.8 Å². The fourth-order valence-corrected chi connectivity index (χ4v) is 2.97. The molecule has 16 heavy (non-hydrogen) atoms. The van der Waals surface area contributed by atoms with Crippen molar-refractivity contribution in [2.75, 3.05) is 6.61 Å². The third-order valence-electron chi connectivity index (χ3n) is 3.69. The first-order valence-corrected chi connectivity index (χ1v) is 6.26. The maximum Gasteiger partial charge on any atom is 0.309 e. The van der Waals surface area contributed by atoms with Gasteiger partial charge in [0.1, 0.15) is 0 Å². The Labute approximate surface area is 97.4 Å². The molecule has 2 heteroatoms. The minimum absolute atomic E-state index is 0.00894. The molecule has 0 aromatic carbocycles. The van der Waals surface area contributed by atoms with Gasteiger partial charge in [-0.15, -0.1) is 0 Å². The normalized spacial score (nSPS) is 36.6. The molecule has 0 bridgehead atoms. The molecular formula is C14H20O2. The predicted molar refractivity (Wildman–Crippen MR) is 63.9 cm³/mol. The van der Waals surface area contributed by atoms with E-state index in [0.29, 0.717) is 18.4 Å². The van der Waals surface area contributed by atoms with Gasteiger partial charge >= 0.3 is 5.97 Å². The number of hydrogen-bond donors (Lipinski definition) is 0. The van der Waals surface area contributed by atoms with Crippen LogP contribution in [0.5, 0.6) is 0 Å². The van der Waals surface area contributed by atoms with E-state index >= 15 is 0 Å². The molecule has 2 fully saturated rings. The van der Waals surface area contributed by atoms with Gasteiger partial charge in [0, 0.05) is 5.92 Å². The van der Waals surface area contributed by atoms with E-state index < -0.39 is 0 Å². The molecule has 0 aliphatic heterocycles. The van der Waals surface area contributed by atoms with Gasteiger partial charge in [-0.1, -0.05) is 19.1 Å². The number of carbonyl (C=O) groups excluding carboxylic acids is 1. The molecule has 2 aliphatic rings. The molecule has 2 rings (SSSR count). The van der Waals surface area contributed by atoms with E-state index in [9.17, 15) is 4.79 Å². The van der Waals surface area contributed by atoms with Crippen molar-refractivity contribution in [3.05, 3.63) is 23.3 Å². The summed E-state index contributed by atoms with van der Waals surface area (Å²) in [4.78, 5) is 11.7. The lowest BCUT2D eigenvalue weighted by Crippen LogP contribution is -2.11. The lowest BCUT2D eigenvalue weighted by molar-refractivity contribution is -0.145. The van der Waals surface area contributed by atoms with Gasteiger partial charge in [0.2, 0.25) is 0 Å². The maximum atomic E-state index is 11.7. The highest BCUT2D eigenvalue weighted by atomic mass is 16.5. The zero-order valence-electron chi connectivity index (χ0n) is 10.3. The van der Waals surface area contributed by atoms with Crippen LogP contribution in [-0.2, 0) is 9.53 Å². The Balaban J connectivity index is 2.09. The van der Waals surface area contributed by atoms with Gasteiger partial charge in [-0.05, 0) is 43.8 Å². The summed E-state index contributed by atoms with van der Waals surface area (Å²) >= 11 is 0. The quantitative estimate of drug-likeness (QED) is 0.683. The number of hydrogen-bond acceptors (Lipinski definition) is 2. The van der Waals surface area contributed by atoms with Crippen molar-refractivity contribution in [3.63, 3.8) is 0 Å². The van der Waals surface area contributed by atoms with Crippen LogP contribution in [0.25, 0.3) is 0 Å². The smallest absolute Gasteiger partial charge is 0.309 e. The summed E-state index contributed by atoms with van der Waals surface area (Å²) in [5.41, 5.74) is 2.85. The molecule has 0 aromatic heterocycles. The first-order chi connectivity index (χ1) is 7.74. The second-order valence-corrected chi connectivity index (χ2v) is 4.55. The fraction of sp³-hybridized carbons (Fsp3) is 0.643. The summed E-state index contributed by atoms with van der Waals surface area (Å²) in [6.45, 7) is 6.60. The summed E-state index contributed by atoms with van der Waals surface area (Å²) in [5.74, 6) is 1.16. The largest absolute Gasteiger partial charge is 0.466 e. The minimum atomic E-state index is 0.00894. The molecule has 3 atom stereocenters. The summed E-state index contributed by atoms with van der Waals surface area (Å²) in [6.07, 6.45) is 6.58. The Morgan fingerprint density at radius 1 is 1.50 bits per heavy atom. The van der Waals surface area contributed by atoms with Crippen LogP contribution in [0.4, 0.5) is 0 Å². The number of esters is 1. The highest BCUT2D eigenvalue weighted by Crippen LogP contribution is 2.62. The number of ether oxygens (including phenoxy) is 1. The van der Waals surface area contributed by atoms with E-state index in [-0.39, 0.29) is 11.9 Å².